The molecule has 2 N–H and O–H groups in total. The third kappa shape index (κ3) is 5.11. The van der Waals surface area contributed by atoms with Gasteiger partial charge in [-0.15, -0.1) is 0 Å². The van der Waals surface area contributed by atoms with Crippen molar-refractivity contribution in [1.29, 1.82) is 0 Å². The largest absolute Gasteiger partial charge is 0.481 e. The molecular weight excluding hydrogens is 208 g/mol. The van der Waals surface area contributed by atoms with Gasteiger partial charge in [0.2, 0.25) is 5.91 Å². The molecule has 1 atom stereocenters. The van der Waals surface area contributed by atoms with Gasteiger partial charge in [-0.1, -0.05) is 6.92 Å². The summed E-state index contributed by atoms with van der Waals surface area (Å²) in [7, 11) is 1.79. The van der Waals surface area contributed by atoms with Gasteiger partial charge < -0.3 is 15.3 Å². The monoisotopic (exact) mass is 230 g/mol. The Morgan fingerprint density at radius 1 is 1.31 bits per heavy atom. The third-order valence-electron chi connectivity index (χ3n) is 2.40. The lowest BCUT2D eigenvalue weighted by Gasteiger charge is -2.29. The van der Waals surface area contributed by atoms with Crippen LogP contribution in [0.1, 0.15) is 27.2 Å². The Labute approximate surface area is 96.8 Å². The molecule has 0 aromatic rings. The number of amides is 1. The van der Waals surface area contributed by atoms with Crippen LogP contribution in [0.5, 0.6) is 0 Å². The summed E-state index contributed by atoms with van der Waals surface area (Å²) in [5.74, 6) is -0.994. The van der Waals surface area contributed by atoms with Gasteiger partial charge in [-0.2, -0.15) is 0 Å². The maximum Gasteiger partial charge on any atom is 0.305 e. The second-order valence-electron chi connectivity index (χ2n) is 4.23. The molecule has 0 heterocycles. The fraction of sp³-hybridized carbons (Fsp3) is 0.818. The van der Waals surface area contributed by atoms with Gasteiger partial charge in [-0.05, 0) is 20.9 Å². The molecule has 0 fully saturated rings. The van der Waals surface area contributed by atoms with Crippen LogP contribution < -0.4 is 5.32 Å². The molecule has 16 heavy (non-hydrogen) atoms. The molecule has 1 unspecified atom stereocenters. The minimum atomic E-state index is -0.875. The standard InChI is InChI=1S/C11H22N2O3/c1-8(2)13(6-5-10(14)15)11(16)9(3)7-12-4/h8-9,12H,5-7H2,1-4H3,(H,14,15). The minimum absolute atomic E-state index is 0.00378. The van der Waals surface area contributed by atoms with E-state index in [2.05, 4.69) is 5.32 Å². The predicted octanol–water partition coefficient (Wildman–Crippen LogP) is 0.554. The molecule has 0 spiro atoms. The van der Waals surface area contributed by atoms with E-state index < -0.39 is 5.97 Å². The van der Waals surface area contributed by atoms with Crippen molar-refractivity contribution in [2.24, 2.45) is 5.92 Å². The summed E-state index contributed by atoms with van der Waals surface area (Å²) in [6.45, 7) is 6.52. The molecule has 1 amide bonds. The van der Waals surface area contributed by atoms with E-state index in [9.17, 15) is 9.59 Å². The van der Waals surface area contributed by atoms with Crippen LogP contribution in [-0.4, -0.2) is 48.1 Å². The van der Waals surface area contributed by atoms with E-state index in [1.54, 1.807) is 11.9 Å². The Morgan fingerprint density at radius 3 is 2.25 bits per heavy atom. The average Bonchev–Trinajstić information content (AvgIpc) is 2.17. The highest BCUT2D eigenvalue weighted by molar-refractivity contribution is 5.79. The van der Waals surface area contributed by atoms with Gasteiger partial charge in [0.05, 0.1) is 6.42 Å². The minimum Gasteiger partial charge on any atom is -0.481 e. The van der Waals surface area contributed by atoms with Crippen molar-refractivity contribution in [2.45, 2.75) is 33.2 Å². The molecule has 0 aromatic carbocycles. The number of nitrogens with one attached hydrogen (secondary N) is 1. The van der Waals surface area contributed by atoms with Crippen molar-refractivity contribution in [1.82, 2.24) is 10.2 Å². The SMILES string of the molecule is CNCC(C)C(=O)N(CCC(=O)O)C(C)C. The molecule has 0 aliphatic heterocycles. The zero-order chi connectivity index (χ0) is 12.7. The van der Waals surface area contributed by atoms with Crippen LogP contribution >= 0.6 is 0 Å². The van der Waals surface area contributed by atoms with Crippen LogP contribution in [0.15, 0.2) is 0 Å². The average molecular weight is 230 g/mol. The number of rotatable bonds is 7. The molecule has 5 heteroatoms. The predicted molar refractivity (Wildman–Crippen MR) is 62.2 cm³/mol. The van der Waals surface area contributed by atoms with Crippen LogP contribution in [-0.2, 0) is 9.59 Å². The second kappa shape index (κ2) is 7.22. The topological polar surface area (TPSA) is 69.6 Å². The Hall–Kier alpha value is -1.10. The first-order valence-electron chi connectivity index (χ1n) is 5.57. The fourth-order valence-electron chi connectivity index (χ4n) is 1.52. The van der Waals surface area contributed by atoms with Crippen molar-refractivity contribution in [3.8, 4) is 0 Å². The highest BCUT2D eigenvalue weighted by Gasteiger charge is 2.22. The first-order valence-corrected chi connectivity index (χ1v) is 5.57. The van der Waals surface area contributed by atoms with E-state index >= 15 is 0 Å². The molecule has 94 valence electrons. The second-order valence-corrected chi connectivity index (χ2v) is 4.23. The number of carboxylic acids is 1. The number of carboxylic acid groups (broad SMARTS) is 1. The molecule has 0 aliphatic rings. The number of nitrogens with zero attached hydrogens (tertiary/aromatic N) is 1. The van der Waals surface area contributed by atoms with Crippen LogP contribution in [0.25, 0.3) is 0 Å². The van der Waals surface area contributed by atoms with Gasteiger partial charge in [0.1, 0.15) is 0 Å². The van der Waals surface area contributed by atoms with Crippen molar-refractivity contribution < 1.29 is 14.7 Å². The van der Waals surface area contributed by atoms with E-state index in [-0.39, 0.29) is 30.8 Å². The van der Waals surface area contributed by atoms with E-state index in [1.165, 1.54) is 0 Å². The molecule has 0 aromatic heterocycles. The zero-order valence-corrected chi connectivity index (χ0v) is 10.5. The lowest BCUT2D eigenvalue weighted by Crippen LogP contribution is -2.43. The van der Waals surface area contributed by atoms with Crippen LogP contribution in [0.3, 0.4) is 0 Å². The molecule has 0 bridgehead atoms. The van der Waals surface area contributed by atoms with Crippen LogP contribution in [0.2, 0.25) is 0 Å². The summed E-state index contributed by atoms with van der Waals surface area (Å²) >= 11 is 0. The van der Waals surface area contributed by atoms with E-state index in [0.29, 0.717) is 6.54 Å². The Bertz CT molecular complexity index is 241. The highest BCUT2D eigenvalue weighted by Crippen LogP contribution is 2.07. The first kappa shape index (κ1) is 14.9. The normalized spacial score (nSPS) is 12.6. The van der Waals surface area contributed by atoms with Gasteiger partial charge in [-0.25, -0.2) is 0 Å². The van der Waals surface area contributed by atoms with Gasteiger partial charge in [-0.3, -0.25) is 9.59 Å². The van der Waals surface area contributed by atoms with Crippen molar-refractivity contribution >= 4 is 11.9 Å². The first-order chi connectivity index (χ1) is 7.40. The maximum absolute atomic E-state index is 12.0. The van der Waals surface area contributed by atoms with Crippen LogP contribution in [0.4, 0.5) is 0 Å². The summed E-state index contributed by atoms with van der Waals surface area (Å²) < 4.78 is 0. The van der Waals surface area contributed by atoms with E-state index in [4.69, 9.17) is 5.11 Å². The fourth-order valence-corrected chi connectivity index (χ4v) is 1.52. The molecule has 0 saturated heterocycles. The molecular formula is C11H22N2O3. The Kier molecular flexibility index (Phi) is 6.72. The smallest absolute Gasteiger partial charge is 0.305 e. The van der Waals surface area contributed by atoms with Gasteiger partial charge >= 0.3 is 5.97 Å². The van der Waals surface area contributed by atoms with E-state index in [0.717, 1.165) is 0 Å². The van der Waals surface area contributed by atoms with Crippen molar-refractivity contribution in [2.75, 3.05) is 20.1 Å². The number of hydrogen-bond acceptors (Lipinski definition) is 3. The van der Waals surface area contributed by atoms with E-state index in [1.807, 2.05) is 20.8 Å². The summed E-state index contributed by atoms with van der Waals surface area (Å²) in [6.07, 6.45) is -0.00378. The Balaban J connectivity index is 4.40. The number of aliphatic carboxylic acids is 1. The van der Waals surface area contributed by atoms with Crippen molar-refractivity contribution in [3.05, 3.63) is 0 Å². The van der Waals surface area contributed by atoms with Gasteiger partial charge in [0.15, 0.2) is 0 Å². The molecule has 0 saturated carbocycles. The third-order valence-corrected chi connectivity index (χ3v) is 2.40. The summed E-state index contributed by atoms with van der Waals surface area (Å²) in [5, 5.41) is 11.6. The molecule has 0 radical (unpaired) electrons. The molecule has 0 aliphatic carbocycles. The number of hydrogen-bond donors (Lipinski definition) is 2. The lowest BCUT2D eigenvalue weighted by molar-refractivity contribution is -0.140. The maximum atomic E-state index is 12.0. The summed E-state index contributed by atoms with van der Waals surface area (Å²) in [5.41, 5.74) is 0. The summed E-state index contributed by atoms with van der Waals surface area (Å²) in [6, 6.07) is 0.0335. The molecule has 5 nitrogen and oxygen atoms in total. The van der Waals surface area contributed by atoms with Crippen LogP contribution in [0, 0.1) is 5.92 Å². The van der Waals surface area contributed by atoms with Crippen molar-refractivity contribution in [3.63, 3.8) is 0 Å². The van der Waals surface area contributed by atoms with Gasteiger partial charge in [0, 0.05) is 25.0 Å². The zero-order valence-electron chi connectivity index (χ0n) is 10.5. The number of carbonyl (C=O) groups is 2. The number of carbonyl (C=O) groups excluding carboxylic acids is 1. The Morgan fingerprint density at radius 2 is 1.88 bits per heavy atom. The highest BCUT2D eigenvalue weighted by atomic mass is 16.4. The molecule has 0 rings (SSSR count). The lowest BCUT2D eigenvalue weighted by atomic mass is 10.1. The summed E-state index contributed by atoms with van der Waals surface area (Å²) in [4.78, 5) is 24.1. The quantitative estimate of drug-likeness (QED) is 0.670. The van der Waals surface area contributed by atoms with Gasteiger partial charge in [0.25, 0.3) is 0 Å².